The third kappa shape index (κ3) is 3.65. The lowest BCUT2D eigenvalue weighted by atomic mass is 9.58. The average molecular weight is 437 g/mol. The number of aromatic hydroxyl groups is 1. The van der Waals surface area contributed by atoms with Crippen LogP contribution in [0.5, 0.6) is 5.75 Å². The molecule has 1 fully saturated rings. The minimum atomic E-state index is 0.0743. The fourth-order valence-corrected chi connectivity index (χ4v) is 6.43. The Kier molecular flexibility index (Phi) is 5.03. The molecular formula is C30H32N2O. The van der Waals surface area contributed by atoms with Gasteiger partial charge in [0, 0.05) is 35.1 Å². The number of benzene rings is 3. The van der Waals surface area contributed by atoms with Crippen molar-refractivity contribution in [3.8, 4) is 5.75 Å². The number of rotatable bonds is 4. The number of likely N-dealkylation sites (tertiary alicyclic amines) is 1. The van der Waals surface area contributed by atoms with Gasteiger partial charge in [-0.25, -0.2) is 0 Å². The lowest BCUT2D eigenvalue weighted by Gasteiger charge is -2.51. The van der Waals surface area contributed by atoms with Crippen molar-refractivity contribution in [2.24, 2.45) is 5.92 Å². The molecule has 2 heterocycles. The van der Waals surface area contributed by atoms with Gasteiger partial charge < -0.3 is 15.0 Å². The van der Waals surface area contributed by atoms with Crippen molar-refractivity contribution in [2.45, 2.75) is 38.0 Å². The van der Waals surface area contributed by atoms with Crippen molar-refractivity contribution < 1.29 is 5.11 Å². The van der Waals surface area contributed by atoms with E-state index in [2.05, 4.69) is 71.4 Å². The summed E-state index contributed by atoms with van der Waals surface area (Å²) in [5.41, 5.74) is 8.28. The van der Waals surface area contributed by atoms with Crippen LogP contribution in [0.4, 0.5) is 0 Å². The molecule has 3 heteroatoms. The van der Waals surface area contributed by atoms with E-state index in [0.717, 1.165) is 45.3 Å². The predicted molar refractivity (Wildman–Crippen MR) is 135 cm³/mol. The molecule has 1 aromatic heterocycles. The number of nitrogens with zero attached hydrogens (tertiary/aromatic N) is 1. The Balaban J connectivity index is 1.35. The highest BCUT2D eigenvalue weighted by Gasteiger charge is 2.48. The molecule has 1 unspecified atom stereocenters. The molecule has 0 bridgehead atoms. The van der Waals surface area contributed by atoms with Gasteiger partial charge >= 0.3 is 0 Å². The lowest BCUT2D eigenvalue weighted by Crippen LogP contribution is -2.54. The lowest BCUT2D eigenvalue weighted by molar-refractivity contribution is 0.0822. The second-order valence-electron chi connectivity index (χ2n) is 10.2. The van der Waals surface area contributed by atoms with Crippen LogP contribution in [0.1, 0.15) is 34.4 Å². The Morgan fingerprint density at radius 3 is 2.76 bits per heavy atom. The molecular weight excluding hydrogens is 404 g/mol. The van der Waals surface area contributed by atoms with E-state index in [4.69, 9.17) is 0 Å². The molecule has 0 radical (unpaired) electrons. The predicted octanol–water partition coefficient (Wildman–Crippen LogP) is 5.78. The number of hydrogen-bond donors (Lipinski definition) is 2. The highest BCUT2D eigenvalue weighted by atomic mass is 16.3. The minimum absolute atomic E-state index is 0.0743. The van der Waals surface area contributed by atoms with E-state index in [0.29, 0.717) is 11.7 Å². The monoisotopic (exact) mass is 436 g/mol. The van der Waals surface area contributed by atoms with Crippen LogP contribution in [-0.2, 0) is 24.7 Å². The quantitative estimate of drug-likeness (QED) is 0.425. The highest BCUT2D eigenvalue weighted by molar-refractivity contribution is 5.86. The van der Waals surface area contributed by atoms with E-state index in [-0.39, 0.29) is 5.41 Å². The molecule has 3 aromatic carbocycles. The van der Waals surface area contributed by atoms with Crippen molar-refractivity contribution >= 4 is 10.9 Å². The Bertz CT molecular complexity index is 1290. The first-order valence-corrected chi connectivity index (χ1v) is 12.3. The molecule has 0 amide bonds. The first-order valence-electron chi connectivity index (χ1n) is 12.3. The molecule has 33 heavy (non-hydrogen) atoms. The van der Waals surface area contributed by atoms with Crippen LogP contribution >= 0.6 is 0 Å². The molecule has 3 nitrogen and oxygen atoms in total. The average Bonchev–Trinajstić information content (AvgIpc) is 3.18. The van der Waals surface area contributed by atoms with Gasteiger partial charge in [-0.05, 0) is 86.0 Å². The van der Waals surface area contributed by atoms with Gasteiger partial charge in [-0.3, -0.25) is 0 Å². The summed E-state index contributed by atoms with van der Waals surface area (Å²) in [7, 11) is 0. The molecule has 0 spiro atoms. The summed E-state index contributed by atoms with van der Waals surface area (Å²) in [6, 6.07) is 25.7. The van der Waals surface area contributed by atoms with Gasteiger partial charge in [-0.2, -0.15) is 0 Å². The molecule has 2 atom stereocenters. The van der Waals surface area contributed by atoms with E-state index >= 15 is 0 Å². The summed E-state index contributed by atoms with van der Waals surface area (Å²) in [4.78, 5) is 6.44. The van der Waals surface area contributed by atoms with Gasteiger partial charge in [0.15, 0.2) is 0 Å². The van der Waals surface area contributed by atoms with Crippen LogP contribution in [0.15, 0.2) is 72.8 Å². The van der Waals surface area contributed by atoms with Crippen molar-refractivity contribution in [1.82, 2.24) is 9.88 Å². The second-order valence-corrected chi connectivity index (χ2v) is 10.2. The van der Waals surface area contributed by atoms with Crippen molar-refractivity contribution in [3.63, 3.8) is 0 Å². The number of phenols is 1. The molecule has 168 valence electrons. The Labute approximate surface area is 196 Å². The fraction of sp³-hybridized carbons (Fsp3) is 0.333. The number of nitrogens with one attached hydrogen (secondary N) is 1. The van der Waals surface area contributed by atoms with E-state index < -0.39 is 0 Å². The fourth-order valence-electron chi connectivity index (χ4n) is 6.43. The largest absolute Gasteiger partial charge is 0.508 e. The first-order chi connectivity index (χ1) is 16.1. The maximum atomic E-state index is 10.3. The van der Waals surface area contributed by atoms with Gasteiger partial charge in [-0.15, -0.1) is 0 Å². The van der Waals surface area contributed by atoms with Crippen molar-refractivity contribution in [1.29, 1.82) is 0 Å². The summed E-state index contributed by atoms with van der Waals surface area (Å²) >= 11 is 0. The van der Waals surface area contributed by atoms with E-state index in [1.165, 1.54) is 38.9 Å². The number of aromatic nitrogens is 1. The number of H-pyrrole nitrogens is 1. The highest BCUT2D eigenvalue weighted by Crippen LogP contribution is 2.49. The summed E-state index contributed by atoms with van der Waals surface area (Å²) in [6.45, 7) is 5.51. The van der Waals surface area contributed by atoms with Crippen LogP contribution in [0, 0.1) is 12.8 Å². The Hall–Kier alpha value is -3.04. The van der Waals surface area contributed by atoms with E-state index in [9.17, 15) is 5.11 Å². The first kappa shape index (κ1) is 20.6. The Morgan fingerprint density at radius 2 is 1.91 bits per heavy atom. The number of phenolic OH excluding ortho intramolecular Hbond substituents is 1. The third-order valence-corrected chi connectivity index (χ3v) is 8.21. The molecule has 0 saturated carbocycles. The van der Waals surface area contributed by atoms with Crippen LogP contribution in [-0.4, -0.2) is 34.6 Å². The normalized spacial score (nSPS) is 22.8. The van der Waals surface area contributed by atoms with E-state index in [1.54, 1.807) is 6.07 Å². The Morgan fingerprint density at radius 1 is 1.03 bits per heavy atom. The second kappa shape index (κ2) is 8.07. The zero-order valence-electron chi connectivity index (χ0n) is 19.3. The molecule has 6 rings (SSSR count). The van der Waals surface area contributed by atoms with E-state index in [1.807, 2.05) is 12.1 Å². The van der Waals surface area contributed by atoms with Crippen molar-refractivity contribution in [3.05, 3.63) is 101 Å². The SMILES string of the molecule is Cc1ccc2[nH]c3c(c2c1)CC1CN(CCc2ccccc2)CC[C@]1(c1cccc(O)c1)C3. The number of aryl methyl sites for hydroxylation is 1. The summed E-state index contributed by atoms with van der Waals surface area (Å²) < 4.78 is 0. The standard InChI is InChI=1S/C30H32N2O/c1-21-10-11-28-26(16-21)27-18-24-20-32(14-12-22-6-3-2-4-7-22)15-13-30(24,19-29(27)31-28)23-8-5-9-25(33)17-23/h2-11,16-17,24,31,33H,12-15,18-20H2,1H3/t24?,30-/m1/s1. The van der Waals surface area contributed by atoms with Gasteiger partial charge in [0.05, 0.1) is 0 Å². The van der Waals surface area contributed by atoms with Crippen LogP contribution < -0.4 is 0 Å². The molecule has 1 saturated heterocycles. The summed E-state index contributed by atoms with van der Waals surface area (Å²) in [6.07, 6.45) is 4.35. The van der Waals surface area contributed by atoms with Gasteiger partial charge in [-0.1, -0.05) is 54.1 Å². The zero-order valence-corrected chi connectivity index (χ0v) is 19.3. The smallest absolute Gasteiger partial charge is 0.115 e. The van der Waals surface area contributed by atoms with Crippen LogP contribution in [0.3, 0.4) is 0 Å². The number of fused-ring (bicyclic) bond motifs is 4. The van der Waals surface area contributed by atoms with Gasteiger partial charge in [0.1, 0.15) is 5.75 Å². The zero-order chi connectivity index (χ0) is 22.4. The van der Waals surface area contributed by atoms with Gasteiger partial charge in [0.2, 0.25) is 0 Å². The molecule has 2 N–H and O–H groups in total. The molecule has 4 aromatic rings. The maximum absolute atomic E-state index is 10.3. The van der Waals surface area contributed by atoms with Crippen LogP contribution in [0.2, 0.25) is 0 Å². The third-order valence-electron chi connectivity index (χ3n) is 8.21. The summed E-state index contributed by atoms with van der Waals surface area (Å²) in [5, 5.41) is 11.7. The molecule has 1 aliphatic carbocycles. The minimum Gasteiger partial charge on any atom is -0.508 e. The topological polar surface area (TPSA) is 39.3 Å². The van der Waals surface area contributed by atoms with Crippen molar-refractivity contribution in [2.75, 3.05) is 19.6 Å². The van der Waals surface area contributed by atoms with Crippen LogP contribution in [0.25, 0.3) is 10.9 Å². The molecule has 2 aliphatic rings. The number of piperidine rings is 1. The number of aromatic amines is 1. The molecule has 1 aliphatic heterocycles. The number of hydrogen-bond acceptors (Lipinski definition) is 2. The maximum Gasteiger partial charge on any atom is 0.115 e. The summed E-state index contributed by atoms with van der Waals surface area (Å²) in [5.74, 6) is 0.918. The van der Waals surface area contributed by atoms with Gasteiger partial charge in [0.25, 0.3) is 0 Å².